The molecule has 0 bridgehead atoms. The molecule has 0 radical (unpaired) electrons. The number of thioether (sulfide) groups is 1. The largest absolute Gasteiger partial charge is 0.461 e. The molecule has 2 N–H and O–H groups in total. The summed E-state index contributed by atoms with van der Waals surface area (Å²) in [7, 11) is 0. The highest BCUT2D eigenvalue weighted by atomic mass is 32.2. The quantitative estimate of drug-likeness (QED) is 0.599. The van der Waals surface area contributed by atoms with Crippen LogP contribution in [0.2, 0.25) is 0 Å². The zero-order valence-electron chi connectivity index (χ0n) is 9.27. The second-order valence-electron chi connectivity index (χ2n) is 3.06. The van der Waals surface area contributed by atoms with Gasteiger partial charge in [-0.25, -0.2) is 9.78 Å². The van der Waals surface area contributed by atoms with Crippen molar-refractivity contribution < 1.29 is 9.53 Å². The van der Waals surface area contributed by atoms with E-state index in [9.17, 15) is 4.79 Å². The van der Waals surface area contributed by atoms with Gasteiger partial charge in [0.1, 0.15) is 0 Å². The van der Waals surface area contributed by atoms with Crippen LogP contribution in [-0.2, 0) is 10.5 Å². The first-order valence-corrected chi connectivity index (χ1v) is 7.20. The molecule has 0 saturated carbocycles. The van der Waals surface area contributed by atoms with Crippen LogP contribution < -0.4 is 5.73 Å². The maximum absolute atomic E-state index is 11.3. The van der Waals surface area contributed by atoms with Gasteiger partial charge in [0.15, 0.2) is 0 Å². The van der Waals surface area contributed by atoms with Gasteiger partial charge in [-0.05, 0) is 25.6 Å². The van der Waals surface area contributed by atoms with Gasteiger partial charge in [-0.15, -0.1) is 11.3 Å². The van der Waals surface area contributed by atoms with Crippen LogP contribution in [-0.4, -0.2) is 29.9 Å². The lowest BCUT2D eigenvalue weighted by Crippen LogP contribution is -2.04. The molecule has 0 aliphatic heterocycles. The lowest BCUT2D eigenvalue weighted by atomic mass is 10.5. The molecule has 1 heterocycles. The van der Waals surface area contributed by atoms with Crippen molar-refractivity contribution in [3.63, 3.8) is 0 Å². The molecule has 0 fully saturated rings. The van der Waals surface area contributed by atoms with Gasteiger partial charge >= 0.3 is 5.97 Å². The number of carbonyl (C=O) groups is 1. The van der Waals surface area contributed by atoms with Crippen molar-refractivity contribution in [1.29, 1.82) is 0 Å². The van der Waals surface area contributed by atoms with Crippen molar-refractivity contribution in [3.8, 4) is 0 Å². The molecule has 0 aliphatic rings. The first-order chi connectivity index (χ1) is 7.77. The summed E-state index contributed by atoms with van der Waals surface area (Å²) in [6.45, 7) is 2.90. The minimum Gasteiger partial charge on any atom is -0.461 e. The summed E-state index contributed by atoms with van der Waals surface area (Å²) in [6, 6.07) is 0. The molecule has 4 nitrogen and oxygen atoms in total. The van der Waals surface area contributed by atoms with Gasteiger partial charge in [0.2, 0.25) is 5.01 Å². The summed E-state index contributed by atoms with van der Waals surface area (Å²) in [6.07, 6.45) is 1.01. The highest BCUT2D eigenvalue weighted by molar-refractivity contribution is 7.98. The van der Waals surface area contributed by atoms with Crippen LogP contribution >= 0.6 is 23.1 Å². The Kier molecular flexibility index (Phi) is 6.44. The molecule has 90 valence electrons. The van der Waals surface area contributed by atoms with Gasteiger partial charge in [-0.2, -0.15) is 11.8 Å². The van der Waals surface area contributed by atoms with E-state index in [1.165, 1.54) is 11.3 Å². The van der Waals surface area contributed by atoms with Gasteiger partial charge in [0, 0.05) is 11.1 Å². The molecule has 0 atom stereocenters. The van der Waals surface area contributed by atoms with Crippen molar-refractivity contribution in [2.24, 2.45) is 5.73 Å². The van der Waals surface area contributed by atoms with E-state index in [-0.39, 0.29) is 5.97 Å². The van der Waals surface area contributed by atoms with E-state index in [0.29, 0.717) is 11.6 Å². The Hall–Kier alpha value is -0.590. The Bertz CT molecular complexity index is 328. The van der Waals surface area contributed by atoms with Gasteiger partial charge in [0.05, 0.1) is 12.3 Å². The summed E-state index contributed by atoms with van der Waals surface area (Å²) in [5, 5.41) is 2.35. The molecule has 0 spiro atoms. The molecular formula is C10H16N2O2S2. The summed E-state index contributed by atoms with van der Waals surface area (Å²) >= 11 is 3.12. The lowest BCUT2D eigenvalue weighted by Gasteiger charge is -1.97. The van der Waals surface area contributed by atoms with Crippen molar-refractivity contribution in [2.45, 2.75) is 19.1 Å². The van der Waals surface area contributed by atoms with Crippen LogP contribution in [0.15, 0.2) is 5.38 Å². The smallest absolute Gasteiger partial charge is 0.367 e. The first-order valence-electron chi connectivity index (χ1n) is 5.17. The SMILES string of the molecule is CCOC(=O)c1nc(CSCCCN)cs1. The Morgan fingerprint density at radius 3 is 3.19 bits per heavy atom. The van der Waals surface area contributed by atoms with Gasteiger partial charge in [-0.1, -0.05) is 0 Å². The minimum atomic E-state index is -0.328. The summed E-state index contributed by atoms with van der Waals surface area (Å²) in [5.41, 5.74) is 6.34. The third-order valence-corrected chi connectivity index (χ3v) is 3.69. The molecule has 0 aromatic carbocycles. The van der Waals surface area contributed by atoms with Crippen LogP contribution in [0.1, 0.15) is 28.8 Å². The van der Waals surface area contributed by atoms with E-state index in [1.54, 1.807) is 18.7 Å². The highest BCUT2D eigenvalue weighted by Crippen LogP contribution is 2.16. The summed E-state index contributed by atoms with van der Waals surface area (Å²) in [4.78, 5) is 15.6. The van der Waals surface area contributed by atoms with Crippen molar-refractivity contribution >= 4 is 29.1 Å². The van der Waals surface area contributed by atoms with Crippen molar-refractivity contribution in [1.82, 2.24) is 4.98 Å². The number of nitrogens with two attached hydrogens (primary N) is 1. The van der Waals surface area contributed by atoms with E-state index in [4.69, 9.17) is 10.5 Å². The van der Waals surface area contributed by atoms with Crippen LogP contribution in [0.25, 0.3) is 0 Å². The Balaban J connectivity index is 2.36. The fourth-order valence-electron chi connectivity index (χ4n) is 1.02. The van der Waals surface area contributed by atoms with Gasteiger partial charge in [-0.3, -0.25) is 0 Å². The van der Waals surface area contributed by atoms with E-state index >= 15 is 0 Å². The second kappa shape index (κ2) is 7.65. The average Bonchev–Trinajstić information content (AvgIpc) is 2.73. The topological polar surface area (TPSA) is 65.2 Å². The fourth-order valence-corrected chi connectivity index (χ4v) is 2.71. The van der Waals surface area contributed by atoms with E-state index < -0.39 is 0 Å². The first kappa shape index (κ1) is 13.5. The molecule has 1 aromatic rings. The van der Waals surface area contributed by atoms with Crippen molar-refractivity contribution in [3.05, 3.63) is 16.1 Å². The molecule has 0 unspecified atom stereocenters. The monoisotopic (exact) mass is 260 g/mol. The fraction of sp³-hybridized carbons (Fsp3) is 0.600. The number of nitrogens with zero attached hydrogens (tertiary/aromatic N) is 1. The maximum atomic E-state index is 11.3. The van der Waals surface area contributed by atoms with E-state index in [2.05, 4.69) is 4.98 Å². The van der Waals surface area contributed by atoms with Crippen LogP contribution in [0, 0.1) is 0 Å². The van der Waals surface area contributed by atoms with E-state index in [1.807, 2.05) is 5.38 Å². The second-order valence-corrected chi connectivity index (χ2v) is 5.02. The number of rotatable bonds is 7. The maximum Gasteiger partial charge on any atom is 0.367 e. The number of hydrogen-bond acceptors (Lipinski definition) is 6. The zero-order valence-corrected chi connectivity index (χ0v) is 10.9. The zero-order chi connectivity index (χ0) is 11.8. The molecule has 0 saturated heterocycles. The van der Waals surface area contributed by atoms with Gasteiger partial charge < -0.3 is 10.5 Å². The lowest BCUT2D eigenvalue weighted by molar-refractivity contribution is 0.0525. The number of aromatic nitrogens is 1. The predicted octanol–water partition coefficient (Wildman–Crippen LogP) is 1.90. The minimum absolute atomic E-state index is 0.328. The third-order valence-electron chi connectivity index (χ3n) is 1.74. The van der Waals surface area contributed by atoms with E-state index in [0.717, 1.165) is 30.2 Å². The molecular weight excluding hydrogens is 244 g/mol. The number of hydrogen-bond donors (Lipinski definition) is 1. The summed E-state index contributed by atoms with van der Waals surface area (Å²) < 4.78 is 4.87. The molecule has 6 heteroatoms. The van der Waals surface area contributed by atoms with Crippen LogP contribution in [0.3, 0.4) is 0 Å². The normalized spacial score (nSPS) is 10.4. The Morgan fingerprint density at radius 1 is 1.69 bits per heavy atom. The van der Waals surface area contributed by atoms with Crippen LogP contribution in [0.4, 0.5) is 0 Å². The molecule has 16 heavy (non-hydrogen) atoms. The predicted molar refractivity (Wildman–Crippen MR) is 67.9 cm³/mol. The molecule has 1 aromatic heterocycles. The highest BCUT2D eigenvalue weighted by Gasteiger charge is 2.11. The molecule has 0 aliphatic carbocycles. The number of esters is 1. The number of ether oxygens (including phenoxy) is 1. The standard InChI is InChI=1S/C10H16N2O2S2/c1-2-14-10(13)9-12-8(7-16-9)6-15-5-3-4-11/h7H,2-6,11H2,1H3. The van der Waals surface area contributed by atoms with Crippen molar-refractivity contribution in [2.75, 3.05) is 18.9 Å². The van der Waals surface area contributed by atoms with Crippen LogP contribution in [0.5, 0.6) is 0 Å². The summed E-state index contributed by atoms with van der Waals surface area (Å²) in [5.74, 6) is 1.53. The average molecular weight is 260 g/mol. The van der Waals surface area contributed by atoms with Gasteiger partial charge in [0.25, 0.3) is 0 Å². The Morgan fingerprint density at radius 2 is 2.50 bits per heavy atom. The number of carbonyl (C=O) groups excluding carboxylic acids is 1. The Labute approximate surface area is 104 Å². The molecule has 1 rings (SSSR count). The molecule has 0 amide bonds. The third kappa shape index (κ3) is 4.51. The number of thiazole rings is 1.